The van der Waals surface area contributed by atoms with E-state index in [-0.39, 0.29) is 0 Å². The van der Waals surface area contributed by atoms with Gasteiger partial charge >= 0.3 is 0 Å². The van der Waals surface area contributed by atoms with E-state index in [0.29, 0.717) is 12.1 Å². The van der Waals surface area contributed by atoms with Gasteiger partial charge in [0.1, 0.15) is 5.76 Å². The zero-order valence-corrected chi connectivity index (χ0v) is 10.9. The Bertz CT molecular complexity index is 285. The molecule has 2 nitrogen and oxygen atoms in total. The standard InChI is InChI=1S/C12H21NOS/c1-5-11(8-15-4)13-10(3)12-9(2)6-7-14-12/h6-7,10-11,13H,5,8H2,1-4H3. The summed E-state index contributed by atoms with van der Waals surface area (Å²) in [5.74, 6) is 2.22. The van der Waals surface area contributed by atoms with E-state index in [2.05, 4.69) is 32.3 Å². The first kappa shape index (κ1) is 12.7. The fourth-order valence-electron chi connectivity index (χ4n) is 1.74. The van der Waals surface area contributed by atoms with E-state index in [9.17, 15) is 0 Å². The largest absolute Gasteiger partial charge is 0.467 e. The number of hydrogen-bond acceptors (Lipinski definition) is 3. The molecule has 0 saturated carbocycles. The molecule has 0 fully saturated rings. The summed E-state index contributed by atoms with van der Waals surface area (Å²) in [4.78, 5) is 0. The Kier molecular flexibility index (Phi) is 5.26. The van der Waals surface area contributed by atoms with Gasteiger partial charge in [0.25, 0.3) is 0 Å². The predicted molar refractivity (Wildman–Crippen MR) is 67.5 cm³/mol. The van der Waals surface area contributed by atoms with Gasteiger partial charge in [0.2, 0.25) is 0 Å². The molecule has 0 bridgehead atoms. The van der Waals surface area contributed by atoms with Crippen LogP contribution in [0.1, 0.15) is 37.6 Å². The van der Waals surface area contributed by atoms with E-state index in [1.54, 1.807) is 6.26 Å². The van der Waals surface area contributed by atoms with Gasteiger partial charge in [-0.2, -0.15) is 11.8 Å². The fraction of sp³-hybridized carbons (Fsp3) is 0.667. The highest BCUT2D eigenvalue weighted by Crippen LogP contribution is 2.19. The third-order valence-electron chi connectivity index (χ3n) is 2.64. The first-order valence-corrected chi connectivity index (χ1v) is 6.87. The lowest BCUT2D eigenvalue weighted by molar-refractivity contribution is 0.394. The molecule has 1 heterocycles. The summed E-state index contributed by atoms with van der Waals surface area (Å²) in [6, 6.07) is 2.89. The van der Waals surface area contributed by atoms with Gasteiger partial charge in [-0.1, -0.05) is 6.92 Å². The molecule has 0 radical (unpaired) electrons. The van der Waals surface area contributed by atoms with Crippen molar-refractivity contribution in [2.45, 2.75) is 39.3 Å². The molecule has 2 atom stereocenters. The van der Waals surface area contributed by atoms with E-state index in [4.69, 9.17) is 4.42 Å². The molecule has 1 N–H and O–H groups in total. The average Bonchev–Trinajstić information content (AvgIpc) is 2.63. The molecule has 1 rings (SSSR count). The number of nitrogens with one attached hydrogen (secondary N) is 1. The van der Waals surface area contributed by atoms with Crippen molar-refractivity contribution < 1.29 is 4.42 Å². The maximum Gasteiger partial charge on any atom is 0.123 e. The second kappa shape index (κ2) is 6.23. The molecule has 0 spiro atoms. The maximum atomic E-state index is 5.48. The number of hydrogen-bond donors (Lipinski definition) is 1. The molecule has 3 heteroatoms. The highest BCUT2D eigenvalue weighted by Gasteiger charge is 2.15. The molecule has 86 valence electrons. The molecule has 0 aliphatic rings. The van der Waals surface area contributed by atoms with Crippen LogP contribution in [0.4, 0.5) is 0 Å². The summed E-state index contributed by atoms with van der Waals surface area (Å²) in [5, 5.41) is 3.60. The van der Waals surface area contributed by atoms with E-state index in [1.807, 2.05) is 17.8 Å². The number of aryl methyl sites for hydroxylation is 1. The first-order chi connectivity index (χ1) is 7.19. The van der Waals surface area contributed by atoms with Gasteiger partial charge in [-0.25, -0.2) is 0 Å². The molecule has 0 saturated heterocycles. The van der Waals surface area contributed by atoms with Gasteiger partial charge in [0.15, 0.2) is 0 Å². The number of rotatable bonds is 6. The monoisotopic (exact) mass is 227 g/mol. The highest BCUT2D eigenvalue weighted by atomic mass is 32.2. The van der Waals surface area contributed by atoms with Crippen molar-refractivity contribution >= 4 is 11.8 Å². The lowest BCUT2D eigenvalue weighted by Crippen LogP contribution is -2.33. The Morgan fingerprint density at radius 2 is 2.27 bits per heavy atom. The quantitative estimate of drug-likeness (QED) is 0.806. The van der Waals surface area contributed by atoms with Crippen LogP contribution in [0.3, 0.4) is 0 Å². The molecule has 1 aromatic heterocycles. The van der Waals surface area contributed by atoms with Crippen molar-refractivity contribution in [3.63, 3.8) is 0 Å². The molecule has 0 amide bonds. The van der Waals surface area contributed by atoms with Gasteiger partial charge in [0.05, 0.1) is 12.3 Å². The molecule has 15 heavy (non-hydrogen) atoms. The van der Waals surface area contributed by atoms with Crippen LogP contribution < -0.4 is 5.32 Å². The van der Waals surface area contributed by atoms with Crippen molar-refractivity contribution in [2.24, 2.45) is 0 Å². The minimum Gasteiger partial charge on any atom is -0.467 e. The summed E-state index contributed by atoms with van der Waals surface area (Å²) < 4.78 is 5.48. The van der Waals surface area contributed by atoms with Crippen LogP contribution in [-0.4, -0.2) is 18.1 Å². The van der Waals surface area contributed by atoms with Crippen LogP contribution in [0.5, 0.6) is 0 Å². The van der Waals surface area contributed by atoms with E-state index >= 15 is 0 Å². The fourth-order valence-corrected chi connectivity index (χ4v) is 2.48. The van der Waals surface area contributed by atoms with Gasteiger partial charge in [-0.3, -0.25) is 0 Å². The Hall–Kier alpha value is -0.410. The minimum absolute atomic E-state index is 0.303. The molecule has 1 aromatic rings. The minimum atomic E-state index is 0.303. The maximum absolute atomic E-state index is 5.48. The van der Waals surface area contributed by atoms with Crippen molar-refractivity contribution in [3.8, 4) is 0 Å². The summed E-state index contributed by atoms with van der Waals surface area (Å²) in [6.45, 7) is 6.47. The molecule has 2 unspecified atom stereocenters. The van der Waals surface area contributed by atoms with E-state index < -0.39 is 0 Å². The Morgan fingerprint density at radius 3 is 2.73 bits per heavy atom. The van der Waals surface area contributed by atoms with Gasteiger partial charge < -0.3 is 9.73 Å². The molecule has 0 aliphatic carbocycles. The molecular weight excluding hydrogens is 206 g/mol. The van der Waals surface area contributed by atoms with Crippen LogP contribution in [0, 0.1) is 6.92 Å². The van der Waals surface area contributed by atoms with Gasteiger partial charge in [-0.05, 0) is 38.2 Å². The molecule has 0 aliphatic heterocycles. The number of furan rings is 1. The van der Waals surface area contributed by atoms with E-state index in [0.717, 1.165) is 17.9 Å². The lowest BCUT2D eigenvalue weighted by Gasteiger charge is -2.20. The first-order valence-electron chi connectivity index (χ1n) is 5.48. The highest BCUT2D eigenvalue weighted by molar-refractivity contribution is 7.98. The Morgan fingerprint density at radius 1 is 1.53 bits per heavy atom. The van der Waals surface area contributed by atoms with Crippen LogP contribution in [-0.2, 0) is 0 Å². The molecular formula is C12H21NOS. The predicted octanol–water partition coefficient (Wildman–Crippen LogP) is 3.38. The summed E-state index contributed by atoms with van der Waals surface area (Å²) in [5.41, 5.74) is 1.23. The van der Waals surface area contributed by atoms with Crippen molar-refractivity contribution in [1.29, 1.82) is 0 Å². The third kappa shape index (κ3) is 3.58. The van der Waals surface area contributed by atoms with Crippen LogP contribution in [0.2, 0.25) is 0 Å². The number of thioether (sulfide) groups is 1. The zero-order chi connectivity index (χ0) is 11.3. The summed E-state index contributed by atoms with van der Waals surface area (Å²) in [7, 11) is 0. The summed E-state index contributed by atoms with van der Waals surface area (Å²) >= 11 is 1.88. The zero-order valence-electron chi connectivity index (χ0n) is 10.0. The Balaban J connectivity index is 2.54. The lowest BCUT2D eigenvalue weighted by atomic mass is 10.1. The Labute approximate surface area is 96.8 Å². The van der Waals surface area contributed by atoms with Crippen molar-refractivity contribution in [1.82, 2.24) is 5.32 Å². The van der Waals surface area contributed by atoms with Crippen molar-refractivity contribution in [2.75, 3.05) is 12.0 Å². The van der Waals surface area contributed by atoms with E-state index in [1.165, 1.54) is 5.56 Å². The second-order valence-electron chi connectivity index (χ2n) is 3.92. The van der Waals surface area contributed by atoms with Crippen LogP contribution in [0.25, 0.3) is 0 Å². The van der Waals surface area contributed by atoms with Gasteiger partial charge in [-0.15, -0.1) is 0 Å². The SMILES string of the molecule is CCC(CSC)NC(C)c1occc1C. The third-order valence-corrected chi connectivity index (χ3v) is 3.38. The second-order valence-corrected chi connectivity index (χ2v) is 4.83. The average molecular weight is 227 g/mol. The topological polar surface area (TPSA) is 25.2 Å². The molecule has 0 aromatic carbocycles. The normalized spacial score (nSPS) is 15.2. The summed E-state index contributed by atoms with van der Waals surface area (Å²) in [6.07, 6.45) is 5.07. The van der Waals surface area contributed by atoms with Crippen molar-refractivity contribution in [3.05, 3.63) is 23.7 Å². The van der Waals surface area contributed by atoms with Crippen LogP contribution in [0.15, 0.2) is 16.7 Å². The van der Waals surface area contributed by atoms with Crippen LogP contribution >= 0.6 is 11.8 Å². The smallest absolute Gasteiger partial charge is 0.123 e. The van der Waals surface area contributed by atoms with Gasteiger partial charge in [0, 0.05) is 11.8 Å².